The van der Waals surface area contributed by atoms with Crippen molar-refractivity contribution in [2.24, 2.45) is 5.92 Å². The number of benzene rings is 1. The first-order chi connectivity index (χ1) is 12.2. The summed E-state index contributed by atoms with van der Waals surface area (Å²) in [5, 5.41) is 3.06. The molecule has 2 aromatic rings. The summed E-state index contributed by atoms with van der Waals surface area (Å²) in [6.07, 6.45) is 3.93. The standard InChI is InChI=1S/C19H22BrN3O2/c1-25-15-5-6-17(20)16(12-15)19(24)22-13-14-7-10-23(11-8-14)18-4-2-3-9-21-18/h2-6,9,12,14H,7-8,10-11,13H2,1H3,(H,22,24). The van der Waals surface area contributed by atoms with Gasteiger partial charge in [-0.2, -0.15) is 0 Å². The Morgan fingerprint density at radius 2 is 2.12 bits per heavy atom. The Morgan fingerprint density at radius 3 is 2.80 bits per heavy atom. The Labute approximate surface area is 156 Å². The Morgan fingerprint density at radius 1 is 1.32 bits per heavy atom. The minimum Gasteiger partial charge on any atom is -0.497 e. The van der Waals surface area contributed by atoms with Gasteiger partial charge in [0.15, 0.2) is 0 Å². The predicted octanol–water partition coefficient (Wildman–Crippen LogP) is 3.50. The van der Waals surface area contributed by atoms with Gasteiger partial charge in [0, 0.05) is 30.3 Å². The van der Waals surface area contributed by atoms with Crippen LogP contribution in [0.25, 0.3) is 0 Å². The highest BCUT2D eigenvalue weighted by atomic mass is 79.9. The lowest BCUT2D eigenvalue weighted by Crippen LogP contribution is -2.39. The number of aromatic nitrogens is 1. The molecule has 1 aliphatic rings. The van der Waals surface area contributed by atoms with Crippen LogP contribution in [0.1, 0.15) is 23.2 Å². The number of amides is 1. The third kappa shape index (κ3) is 4.51. The fourth-order valence-corrected chi connectivity index (χ4v) is 3.47. The van der Waals surface area contributed by atoms with Crippen molar-refractivity contribution in [2.45, 2.75) is 12.8 Å². The van der Waals surface area contributed by atoms with Crippen LogP contribution in [-0.2, 0) is 0 Å². The van der Waals surface area contributed by atoms with Crippen LogP contribution in [0.3, 0.4) is 0 Å². The van der Waals surface area contributed by atoms with E-state index in [1.807, 2.05) is 36.5 Å². The van der Waals surface area contributed by atoms with Crippen LogP contribution in [0.4, 0.5) is 5.82 Å². The summed E-state index contributed by atoms with van der Waals surface area (Å²) in [6, 6.07) is 11.4. The molecule has 0 unspecified atom stereocenters. The maximum absolute atomic E-state index is 12.4. The average Bonchev–Trinajstić information content (AvgIpc) is 2.67. The average molecular weight is 404 g/mol. The minimum absolute atomic E-state index is 0.0714. The first-order valence-corrected chi connectivity index (χ1v) is 9.24. The zero-order chi connectivity index (χ0) is 17.6. The second-order valence-electron chi connectivity index (χ2n) is 6.17. The molecule has 1 N–H and O–H groups in total. The van der Waals surface area contributed by atoms with E-state index < -0.39 is 0 Å². The Hall–Kier alpha value is -2.08. The van der Waals surface area contributed by atoms with Gasteiger partial charge < -0.3 is 15.0 Å². The predicted molar refractivity (Wildman–Crippen MR) is 102 cm³/mol. The van der Waals surface area contributed by atoms with E-state index in [0.29, 0.717) is 23.8 Å². The normalized spacial score (nSPS) is 15.0. The molecule has 0 saturated carbocycles. The van der Waals surface area contributed by atoms with E-state index in [2.05, 4.69) is 31.1 Å². The van der Waals surface area contributed by atoms with Crippen LogP contribution in [0.2, 0.25) is 0 Å². The molecule has 6 heteroatoms. The first kappa shape index (κ1) is 17.7. The number of carbonyl (C=O) groups is 1. The molecular formula is C19H22BrN3O2. The van der Waals surface area contributed by atoms with E-state index in [1.54, 1.807) is 13.2 Å². The fraction of sp³-hybridized carbons (Fsp3) is 0.368. The van der Waals surface area contributed by atoms with E-state index >= 15 is 0 Å². The minimum atomic E-state index is -0.0714. The van der Waals surface area contributed by atoms with Crippen molar-refractivity contribution in [3.63, 3.8) is 0 Å². The molecule has 25 heavy (non-hydrogen) atoms. The number of pyridine rings is 1. The number of rotatable bonds is 5. The van der Waals surface area contributed by atoms with Gasteiger partial charge in [0.2, 0.25) is 0 Å². The molecule has 2 heterocycles. The third-order valence-corrected chi connectivity index (χ3v) is 5.25. The van der Waals surface area contributed by atoms with E-state index in [-0.39, 0.29) is 5.91 Å². The van der Waals surface area contributed by atoms with Crippen molar-refractivity contribution < 1.29 is 9.53 Å². The van der Waals surface area contributed by atoms with Gasteiger partial charge in [-0.05, 0) is 65.0 Å². The van der Waals surface area contributed by atoms with Crippen molar-refractivity contribution in [3.8, 4) is 5.75 Å². The van der Waals surface area contributed by atoms with Crippen LogP contribution >= 0.6 is 15.9 Å². The largest absolute Gasteiger partial charge is 0.497 e. The number of piperidine rings is 1. The second kappa shape index (κ2) is 8.34. The van der Waals surface area contributed by atoms with E-state index in [9.17, 15) is 4.79 Å². The molecule has 1 aromatic carbocycles. The van der Waals surface area contributed by atoms with E-state index in [4.69, 9.17) is 4.74 Å². The van der Waals surface area contributed by atoms with Crippen LogP contribution in [0, 0.1) is 5.92 Å². The highest BCUT2D eigenvalue weighted by molar-refractivity contribution is 9.10. The molecule has 0 spiro atoms. The molecule has 0 radical (unpaired) electrons. The van der Waals surface area contributed by atoms with E-state index in [1.165, 1.54) is 0 Å². The van der Waals surface area contributed by atoms with Crippen molar-refractivity contribution in [1.82, 2.24) is 10.3 Å². The Kier molecular flexibility index (Phi) is 5.91. The number of carbonyl (C=O) groups excluding carboxylic acids is 1. The second-order valence-corrected chi connectivity index (χ2v) is 7.03. The highest BCUT2D eigenvalue weighted by Gasteiger charge is 2.21. The van der Waals surface area contributed by atoms with Crippen LogP contribution in [0.15, 0.2) is 47.1 Å². The van der Waals surface area contributed by atoms with Gasteiger partial charge in [-0.1, -0.05) is 6.07 Å². The number of anilines is 1. The smallest absolute Gasteiger partial charge is 0.252 e. The molecule has 1 fully saturated rings. The van der Waals surface area contributed by atoms with Crippen molar-refractivity contribution in [3.05, 3.63) is 52.6 Å². The molecule has 5 nitrogen and oxygen atoms in total. The van der Waals surface area contributed by atoms with Crippen LogP contribution < -0.4 is 15.0 Å². The molecule has 1 aliphatic heterocycles. The summed E-state index contributed by atoms with van der Waals surface area (Å²) in [5.41, 5.74) is 0.602. The molecule has 132 valence electrons. The first-order valence-electron chi connectivity index (χ1n) is 8.45. The van der Waals surface area contributed by atoms with Crippen molar-refractivity contribution >= 4 is 27.7 Å². The van der Waals surface area contributed by atoms with Gasteiger partial charge in [0.1, 0.15) is 11.6 Å². The summed E-state index contributed by atoms with van der Waals surface area (Å²) < 4.78 is 5.97. The molecule has 3 rings (SSSR count). The van der Waals surface area contributed by atoms with Gasteiger partial charge in [0.05, 0.1) is 12.7 Å². The number of nitrogens with zero attached hydrogens (tertiary/aromatic N) is 2. The number of hydrogen-bond donors (Lipinski definition) is 1. The molecule has 0 bridgehead atoms. The maximum atomic E-state index is 12.4. The summed E-state index contributed by atoms with van der Waals surface area (Å²) >= 11 is 3.43. The van der Waals surface area contributed by atoms with Gasteiger partial charge in [-0.25, -0.2) is 4.98 Å². The van der Waals surface area contributed by atoms with Crippen molar-refractivity contribution in [2.75, 3.05) is 31.6 Å². The molecular weight excluding hydrogens is 382 g/mol. The quantitative estimate of drug-likeness (QED) is 0.829. The van der Waals surface area contributed by atoms with Gasteiger partial charge >= 0.3 is 0 Å². The van der Waals surface area contributed by atoms with Crippen molar-refractivity contribution in [1.29, 1.82) is 0 Å². The fourth-order valence-electron chi connectivity index (χ4n) is 3.04. The van der Waals surface area contributed by atoms with E-state index in [0.717, 1.165) is 36.2 Å². The number of nitrogens with one attached hydrogen (secondary N) is 1. The monoisotopic (exact) mass is 403 g/mol. The maximum Gasteiger partial charge on any atom is 0.252 e. The zero-order valence-electron chi connectivity index (χ0n) is 14.2. The van der Waals surface area contributed by atoms with Crippen LogP contribution in [-0.4, -0.2) is 37.6 Å². The van der Waals surface area contributed by atoms with Crippen LogP contribution in [0.5, 0.6) is 5.75 Å². The lowest BCUT2D eigenvalue weighted by Gasteiger charge is -2.32. The Balaban J connectivity index is 1.51. The number of ether oxygens (including phenoxy) is 1. The summed E-state index contributed by atoms with van der Waals surface area (Å²) in [4.78, 5) is 19.2. The molecule has 1 amide bonds. The lowest BCUT2D eigenvalue weighted by molar-refractivity contribution is 0.0943. The van der Waals surface area contributed by atoms with Gasteiger partial charge in [-0.3, -0.25) is 4.79 Å². The SMILES string of the molecule is COc1ccc(Br)c(C(=O)NCC2CCN(c3ccccn3)CC2)c1. The molecule has 0 aliphatic carbocycles. The third-order valence-electron chi connectivity index (χ3n) is 4.56. The zero-order valence-corrected chi connectivity index (χ0v) is 15.8. The summed E-state index contributed by atoms with van der Waals surface area (Å²) in [5.74, 6) is 2.13. The molecule has 1 aromatic heterocycles. The lowest BCUT2D eigenvalue weighted by atomic mass is 9.96. The summed E-state index contributed by atoms with van der Waals surface area (Å²) in [7, 11) is 1.60. The number of hydrogen-bond acceptors (Lipinski definition) is 4. The topological polar surface area (TPSA) is 54.5 Å². The van der Waals surface area contributed by atoms with Gasteiger partial charge in [0.25, 0.3) is 5.91 Å². The Bertz CT molecular complexity index is 716. The molecule has 0 atom stereocenters. The van der Waals surface area contributed by atoms with Gasteiger partial charge in [-0.15, -0.1) is 0 Å². The highest BCUT2D eigenvalue weighted by Crippen LogP contribution is 2.23. The molecule has 1 saturated heterocycles. The number of methoxy groups -OCH3 is 1. The number of halogens is 1. The summed E-state index contributed by atoms with van der Waals surface area (Å²) in [6.45, 7) is 2.64.